The van der Waals surface area contributed by atoms with Crippen molar-refractivity contribution in [1.29, 1.82) is 0 Å². The summed E-state index contributed by atoms with van der Waals surface area (Å²) >= 11 is 0. The number of guanidine groups is 1. The summed E-state index contributed by atoms with van der Waals surface area (Å²) in [6.07, 6.45) is 9.62. The normalized spacial score (nSPS) is 18.5. The number of nitrogens with one attached hydrogen (secondary N) is 2. The lowest BCUT2D eigenvalue weighted by Gasteiger charge is -2.31. The number of hydrogen-bond donors (Lipinski definition) is 3. The Morgan fingerprint density at radius 2 is 2.07 bits per heavy atom. The first-order chi connectivity index (χ1) is 14.2. The molecule has 1 saturated heterocycles. The van der Waals surface area contributed by atoms with Crippen molar-refractivity contribution in [2.75, 3.05) is 31.1 Å². The highest BCUT2D eigenvalue weighted by molar-refractivity contribution is 5.79. The van der Waals surface area contributed by atoms with Crippen LogP contribution in [-0.2, 0) is 6.54 Å². The molecule has 5 nitrogen and oxygen atoms in total. The SMILES string of the molecule is CCNC(=NCc1ccc(N2CCC(O)CC2)c(F)c1)NCCC1=CCCCC1. The Bertz CT molecular complexity index is 711. The van der Waals surface area contributed by atoms with Crippen LogP contribution in [0.3, 0.4) is 0 Å². The van der Waals surface area contributed by atoms with Crippen LogP contribution in [0, 0.1) is 5.82 Å². The number of halogens is 1. The van der Waals surface area contributed by atoms with Gasteiger partial charge in [0.15, 0.2) is 5.96 Å². The van der Waals surface area contributed by atoms with Crippen molar-refractivity contribution in [2.45, 2.75) is 64.5 Å². The van der Waals surface area contributed by atoms with Crippen molar-refractivity contribution in [3.63, 3.8) is 0 Å². The summed E-state index contributed by atoms with van der Waals surface area (Å²) in [5, 5.41) is 16.3. The first-order valence-electron chi connectivity index (χ1n) is 11.1. The van der Waals surface area contributed by atoms with Gasteiger partial charge in [-0.15, -0.1) is 0 Å². The summed E-state index contributed by atoms with van der Waals surface area (Å²) in [6, 6.07) is 5.37. The molecule has 2 aliphatic rings. The molecule has 0 aromatic heterocycles. The highest BCUT2D eigenvalue weighted by Gasteiger charge is 2.19. The molecule has 0 radical (unpaired) electrons. The third-order valence-corrected chi connectivity index (χ3v) is 5.70. The Hall–Kier alpha value is -2.08. The van der Waals surface area contributed by atoms with Gasteiger partial charge in [-0.2, -0.15) is 0 Å². The number of aliphatic imine (C=N–C) groups is 1. The smallest absolute Gasteiger partial charge is 0.191 e. The zero-order valence-corrected chi connectivity index (χ0v) is 17.6. The first-order valence-corrected chi connectivity index (χ1v) is 11.1. The van der Waals surface area contributed by atoms with Gasteiger partial charge in [-0.3, -0.25) is 0 Å². The van der Waals surface area contributed by atoms with Gasteiger partial charge in [-0.1, -0.05) is 17.7 Å². The van der Waals surface area contributed by atoms with Gasteiger partial charge in [-0.25, -0.2) is 9.38 Å². The number of benzene rings is 1. The Kier molecular flexibility index (Phi) is 8.35. The fourth-order valence-electron chi connectivity index (χ4n) is 4.00. The number of nitrogens with zero attached hydrogens (tertiary/aromatic N) is 2. The van der Waals surface area contributed by atoms with Crippen LogP contribution in [0.4, 0.5) is 10.1 Å². The lowest BCUT2D eigenvalue weighted by molar-refractivity contribution is 0.145. The number of hydrogen-bond acceptors (Lipinski definition) is 3. The van der Waals surface area contributed by atoms with Gasteiger partial charge in [0.1, 0.15) is 5.82 Å². The predicted octanol–water partition coefficient (Wildman–Crippen LogP) is 3.73. The van der Waals surface area contributed by atoms with E-state index in [9.17, 15) is 9.50 Å². The molecule has 3 N–H and O–H groups in total. The summed E-state index contributed by atoms with van der Waals surface area (Å²) in [4.78, 5) is 6.64. The minimum atomic E-state index is -0.255. The van der Waals surface area contributed by atoms with E-state index in [1.807, 2.05) is 24.0 Å². The third kappa shape index (κ3) is 6.74. The molecule has 1 fully saturated rings. The zero-order valence-electron chi connectivity index (χ0n) is 17.6. The van der Waals surface area contributed by atoms with Crippen LogP contribution in [0.2, 0.25) is 0 Å². The molecule has 0 unspecified atom stereocenters. The van der Waals surface area contributed by atoms with Gasteiger partial charge in [0.05, 0.1) is 18.3 Å². The average Bonchev–Trinajstić information content (AvgIpc) is 2.74. The summed E-state index contributed by atoms with van der Waals surface area (Å²) in [6.45, 7) is 5.54. The van der Waals surface area contributed by atoms with E-state index in [-0.39, 0.29) is 11.9 Å². The zero-order chi connectivity index (χ0) is 20.5. The van der Waals surface area contributed by atoms with E-state index in [4.69, 9.17) is 0 Å². The maximum atomic E-state index is 14.6. The number of aliphatic hydroxyl groups is 1. The molecule has 1 heterocycles. The van der Waals surface area contributed by atoms with Gasteiger partial charge in [-0.05, 0) is 69.6 Å². The minimum Gasteiger partial charge on any atom is -0.393 e. The van der Waals surface area contributed by atoms with E-state index in [0.29, 0.717) is 38.2 Å². The molecule has 1 aliphatic heterocycles. The summed E-state index contributed by atoms with van der Waals surface area (Å²) in [5.41, 5.74) is 3.02. The van der Waals surface area contributed by atoms with Crippen molar-refractivity contribution in [3.05, 3.63) is 41.2 Å². The second-order valence-electron chi connectivity index (χ2n) is 7.98. The quantitative estimate of drug-likeness (QED) is 0.369. The van der Waals surface area contributed by atoms with E-state index >= 15 is 0 Å². The number of allylic oxidation sites excluding steroid dienone is 1. The molecule has 160 valence electrons. The van der Waals surface area contributed by atoms with Gasteiger partial charge in [0.2, 0.25) is 0 Å². The lowest BCUT2D eigenvalue weighted by Crippen LogP contribution is -2.37. The summed E-state index contributed by atoms with van der Waals surface area (Å²) < 4.78 is 14.6. The Morgan fingerprint density at radius 1 is 1.24 bits per heavy atom. The molecule has 0 bridgehead atoms. The van der Waals surface area contributed by atoms with Crippen LogP contribution in [-0.4, -0.2) is 43.3 Å². The van der Waals surface area contributed by atoms with Crippen LogP contribution in [0.15, 0.2) is 34.8 Å². The second-order valence-corrected chi connectivity index (χ2v) is 7.98. The Labute approximate surface area is 174 Å². The predicted molar refractivity (Wildman–Crippen MR) is 118 cm³/mol. The topological polar surface area (TPSA) is 59.9 Å². The molecule has 0 atom stereocenters. The average molecular weight is 403 g/mol. The summed E-state index contributed by atoms with van der Waals surface area (Å²) in [5.74, 6) is 0.565. The molecule has 6 heteroatoms. The van der Waals surface area contributed by atoms with Crippen LogP contribution >= 0.6 is 0 Å². The maximum Gasteiger partial charge on any atom is 0.191 e. The minimum absolute atomic E-state index is 0.212. The molecule has 3 rings (SSSR count). The standard InChI is InChI=1S/C23H35FN4O/c1-2-25-23(26-13-10-18-6-4-3-5-7-18)27-17-19-8-9-22(21(24)16-19)28-14-11-20(29)12-15-28/h6,8-9,16,20,29H,2-5,7,10-15,17H2,1H3,(H2,25,26,27). The highest BCUT2D eigenvalue weighted by Crippen LogP contribution is 2.24. The van der Waals surface area contributed by atoms with Crippen LogP contribution in [0.5, 0.6) is 0 Å². The van der Waals surface area contributed by atoms with E-state index < -0.39 is 0 Å². The fourth-order valence-corrected chi connectivity index (χ4v) is 4.00. The summed E-state index contributed by atoms with van der Waals surface area (Å²) in [7, 11) is 0. The highest BCUT2D eigenvalue weighted by atomic mass is 19.1. The Balaban J connectivity index is 1.54. The van der Waals surface area contributed by atoms with E-state index in [1.165, 1.54) is 25.7 Å². The lowest BCUT2D eigenvalue weighted by atomic mass is 9.97. The molecular formula is C23H35FN4O. The van der Waals surface area contributed by atoms with Crippen LogP contribution in [0.1, 0.15) is 57.4 Å². The van der Waals surface area contributed by atoms with Crippen molar-refractivity contribution in [2.24, 2.45) is 4.99 Å². The molecule has 1 aliphatic carbocycles. The molecule has 1 aromatic rings. The molecule has 29 heavy (non-hydrogen) atoms. The van der Waals surface area contributed by atoms with Crippen LogP contribution < -0.4 is 15.5 Å². The van der Waals surface area contributed by atoms with E-state index in [0.717, 1.165) is 31.0 Å². The molecule has 0 saturated carbocycles. The van der Waals surface area contributed by atoms with Crippen LogP contribution in [0.25, 0.3) is 0 Å². The monoisotopic (exact) mass is 402 g/mol. The Morgan fingerprint density at radius 3 is 2.76 bits per heavy atom. The molecule has 1 aromatic carbocycles. The van der Waals surface area contributed by atoms with E-state index in [2.05, 4.69) is 21.7 Å². The van der Waals surface area contributed by atoms with Gasteiger partial charge in [0, 0.05) is 26.2 Å². The third-order valence-electron chi connectivity index (χ3n) is 5.70. The van der Waals surface area contributed by atoms with Gasteiger partial charge >= 0.3 is 0 Å². The van der Waals surface area contributed by atoms with E-state index in [1.54, 1.807) is 11.6 Å². The fraction of sp³-hybridized carbons (Fsp3) is 0.609. The van der Waals surface area contributed by atoms with Crippen molar-refractivity contribution < 1.29 is 9.50 Å². The molecular weight excluding hydrogens is 367 g/mol. The van der Waals surface area contributed by atoms with Gasteiger partial charge in [0.25, 0.3) is 0 Å². The molecule has 0 amide bonds. The number of anilines is 1. The largest absolute Gasteiger partial charge is 0.393 e. The van der Waals surface area contributed by atoms with Crippen molar-refractivity contribution in [1.82, 2.24) is 10.6 Å². The van der Waals surface area contributed by atoms with Crippen molar-refractivity contribution in [3.8, 4) is 0 Å². The molecule has 0 spiro atoms. The number of rotatable bonds is 7. The second kappa shape index (κ2) is 11.2. The maximum absolute atomic E-state index is 14.6. The van der Waals surface area contributed by atoms with Crippen molar-refractivity contribution >= 4 is 11.6 Å². The first kappa shape index (κ1) is 21.6. The number of piperidine rings is 1. The number of aliphatic hydroxyl groups excluding tert-OH is 1. The van der Waals surface area contributed by atoms with Gasteiger partial charge < -0.3 is 20.6 Å².